The van der Waals surface area contributed by atoms with Crippen molar-refractivity contribution >= 4 is 27.7 Å². The minimum atomic E-state index is -0.527. The Hall–Kier alpha value is -2.99. The lowest BCUT2D eigenvalue weighted by molar-refractivity contribution is 0.0755. The molecule has 0 bridgehead atoms. The summed E-state index contributed by atoms with van der Waals surface area (Å²) >= 11 is 0. The van der Waals surface area contributed by atoms with Gasteiger partial charge in [0.15, 0.2) is 0 Å². The molecule has 0 amide bonds. The molecule has 0 aliphatic carbocycles. The third kappa shape index (κ3) is 4.12. The maximum atomic E-state index is 13.5. The molecule has 0 fully saturated rings. The standard InChI is InChI=1S/C25H28FN3O2/c1-25(2,3)24(30)29-23-14-17-13-21(7-5-6-12-31-4)28(20-10-8-19(26)9-11-20)22(17)15-18(23)16-27-29/h8-11,13-16H,5-7,12H2,1-4H3. The molecule has 0 N–H and O–H groups in total. The number of nitrogens with zero attached hydrogens (tertiary/aromatic N) is 3. The van der Waals surface area contributed by atoms with Crippen LogP contribution in [0.5, 0.6) is 0 Å². The van der Waals surface area contributed by atoms with E-state index in [1.807, 2.05) is 26.8 Å². The molecular weight excluding hydrogens is 393 g/mol. The van der Waals surface area contributed by atoms with Crippen LogP contribution < -0.4 is 0 Å². The van der Waals surface area contributed by atoms with E-state index in [1.54, 1.807) is 25.4 Å². The van der Waals surface area contributed by atoms with E-state index in [0.29, 0.717) is 0 Å². The number of carbonyl (C=O) groups excluding carboxylic acids is 1. The topological polar surface area (TPSA) is 49.1 Å². The first-order chi connectivity index (χ1) is 14.8. The normalized spacial score (nSPS) is 12.2. The molecule has 0 aliphatic heterocycles. The highest BCUT2D eigenvalue weighted by Crippen LogP contribution is 2.31. The lowest BCUT2D eigenvalue weighted by atomic mass is 9.96. The molecule has 0 aliphatic rings. The number of halogens is 1. The molecule has 0 saturated heterocycles. The summed E-state index contributed by atoms with van der Waals surface area (Å²) in [7, 11) is 1.71. The second kappa shape index (κ2) is 8.27. The Balaban J connectivity index is 1.86. The predicted octanol–water partition coefficient (Wildman–Crippen LogP) is 5.77. The van der Waals surface area contributed by atoms with Gasteiger partial charge >= 0.3 is 0 Å². The van der Waals surface area contributed by atoms with E-state index in [4.69, 9.17) is 4.74 Å². The molecule has 2 aromatic heterocycles. The molecule has 0 saturated carbocycles. The SMILES string of the molecule is COCCCCc1cc2cc3c(cnn3C(=O)C(C)(C)C)cc2n1-c1ccc(F)cc1. The number of aryl methyl sites for hydroxylation is 1. The summed E-state index contributed by atoms with van der Waals surface area (Å²) in [6.07, 6.45) is 4.57. The van der Waals surface area contributed by atoms with Gasteiger partial charge < -0.3 is 9.30 Å². The Morgan fingerprint density at radius 3 is 2.42 bits per heavy atom. The number of aromatic nitrogens is 3. The summed E-state index contributed by atoms with van der Waals surface area (Å²) in [5.74, 6) is -0.300. The summed E-state index contributed by atoms with van der Waals surface area (Å²) in [5.41, 5.74) is 3.35. The van der Waals surface area contributed by atoms with Crippen molar-refractivity contribution in [1.29, 1.82) is 0 Å². The fourth-order valence-electron chi connectivity index (χ4n) is 3.90. The van der Waals surface area contributed by atoms with Crippen LogP contribution in [0.4, 0.5) is 4.39 Å². The van der Waals surface area contributed by atoms with Crippen LogP contribution >= 0.6 is 0 Å². The van der Waals surface area contributed by atoms with Crippen molar-refractivity contribution in [3.05, 3.63) is 60.2 Å². The number of hydrogen-bond acceptors (Lipinski definition) is 3. The minimum absolute atomic E-state index is 0.0420. The molecule has 0 radical (unpaired) electrons. The first-order valence-corrected chi connectivity index (χ1v) is 10.6. The summed E-state index contributed by atoms with van der Waals surface area (Å²) in [5, 5.41) is 6.30. The fraction of sp³-hybridized carbons (Fsp3) is 0.360. The molecule has 0 spiro atoms. The van der Waals surface area contributed by atoms with E-state index in [9.17, 15) is 9.18 Å². The van der Waals surface area contributed by atoms with Crippen LogP contribution in [-0.2, 0) is 11.2 Å². The van der Waals surface area contributed by atoms with Gasteiger partial charge in [0, 0.05) is 41.3 Å². The average molecular weight is 422 g/mol. The number of ether oxygens (including phenoxy) is 1. The molecule has 6 heteroatoms. The van der Waals surface area contributed by atoms with Crippen molar-refractivity contribution < 1.29 is 13.9 Å². The van der Waals surface area contributed by atoms with Crippen LogP contribution in [-0.4, -0.2) is 34.0 Å². The van der Waals surface area contributed by atoms with Gasteiger partial charge in [-0.25, -0.2) is 4.39 Å². The van der Waals surface area contributed by atoms with E-state index < -0.39 is 5.41 Å². The highest BCUT2D eigenvalue weighted by Gasteiger charge is 2.25. The lowest BCUT2D eigenvalue weighted by Crippen LogP contribution is -2.27. The monoisotopic (exact) mass is 421 g/mol. The number of fused-ring (bicyclic) bond motifs is 2. The molecule has 5 nitrogen and oxygen atoms in total. The summed E-state index contributed by atoms with van der Waals surface area (Å²) in [6.45, 7) is 6.41. The van der Waals surface area contributed by atoms with Gasteiger partial charge in [-0.05, 0) is 61.7 Å². The van der Waals surface area contributed by atoms with Crippen LogP contribution in [0.1, 0.15) is 44.1 Å². The zero-order valence-corrected chi connectivity index (χ0v) is 18.5. The molecule has 31 heavy (non-hydrogen) atoms. The van der Waals surface area contributed by atoms with E-state index in [2.05, 4.69) is 21.8 Å². The summed E-state index contributed by atoms with van der Waals surface area (Å²) in [4.78, 5) is 12.9. The van der Waals surface area contributed by atoms with Crippen molar-refractivity contribution in [3.63, 3.8) is 0 Å². The quantitative estimate of drug-likeness (QED) is 0.371. The zero-order valence-electron chi connectivity index (χ0n) is 18.5. The van der Waals surface area contributed by atoms with E-state index in [-0.39, 0.29) is 11.7 Å². The Bertz CT molecular complexity index is 1230. The van der Waals surface area contributed by atoms with Gasteiger partial charge in [0.05, 0.1) is 17.2 Å². The predicted molar refractivity (Wildman–Crippen MR) is 121 cm³/mol. The van der Waals surface area contributed by atoms with Crippen LogP contribution in [0.25, 0.3) is 27.5 Å². The third-order valence-electron chi connectivity index (χ3n) is 5.52. The zero-order chi connectivity index (χ0) is 22.2. The smallest absolute Gasteiger partial charge is 0.252 e. The van der Waals surface area contributed by atoms with Gasteiger partial charge in [0.1, 0.15) is 5.82 Å². The lowest BCUT2D eigenvalue weighted by Gasteiger charge is -2.16. The number of benzene rings is 2. The van der Waals surface area contributed by atoms with E-state index in [0.717, 1.165) is 59.1 Å². The minimum Gasteiger partial charge on any atom is -0.385 e. The van der Waals surface area contributed by atoms with Crippen molar-refractivity contribution in [2.24, 2.45) is 5.41 Å². The van der Waals surface area contributed by atoms with Gasteiger partial charge in [-0.3, -0.25) is 4.79 Å². The molecule has 2 aromatic carbocycles. The number of rotatable bonds is 6. The second-order valence-electron chi connectivity index (χ2n) is 8.98. The Morgan fingerprint density at radius 1 is 1.03 bits per heavy atom. The highest BCUT2D eigenvalue weighted by atomic mass is 19.1. The second-order valence-corrected chi connectivity index (χ2v) is 8.98. The number of methoxy groups -OCH3 is 1. The molecular formula is C25H28FN3O2. The largest absolute Gasteiger partial charge is 0.385 e. The fourth-order valence-corrected chi connectivity index (χ4v) is 3.90. The Labute approximate surface area is 181 Å². The van der Waals surface area contributed by atoms with Crippen LogP contribution in [0.3, 0.4) is 0 Å². The van der Waals surface area contributed by atoms with Gasteiger partial charge in [0.25, 0.3) is 5.91 Å². The first kappa shape index (κ1) is 21.2. The first-order valence-electron chi connectivity index (χ1n) is 10.6. The van der Waals surface area contributed by atoms with Crippen LogP contribution in [0, 0.1) is 11.2 Å². The number of hydrogen-bond donors (Lipinski definition) is 0. The van der Waals surface area contributed by atoms with Crippen molar-refractivity contribution in [2.75, 3.05) is 13.7 Å². The molecule has 2 heterocycles. The molecule has 0 atom stereocenters. The maximum absolute atomic E-state index is 13.5. The maximum Gasteiger partial charge on any atom is 0.252 e. The number of unbranched alkanes of at least 4 members (excludes halogenated alkanes) is 1. The van der Waals surface area contributed by atoms with Gasteiger partial charge in [-0.1, -0.05) is 20.8 Å². The van der Waals surface area contributed by atoms with Crippen LogP contribution in [0.2, 0.25) is 0 Å². The van der Waals surface area contributed by atoms with E-state index in [1.165, 1.54) is 16.8 Å². The highest BCUT2D eigenvalue weighted by molar-refractivity contribution is 6.01. The van der Waals surface area contributed by atoms with Crippen LogP contribution in [0.15, 0.2) is 48.7 Å². The van der Waals surface area contributed by atoms with Gasteiger partial charge in [-0.2, -0.15) is 9.78 Å². The van der Waals surface area contributed by atoms with Crippen molar-refractivity contribution in [3.8, 4) is 5.69 Å². The Morgan fingerprint density at radius 2 is 1.74 bits per heavy atom. The average Bonchev–Trinajstić information content (AvgIpc) is 3.29. The van der Waals surface area contributed by atoms with Gasteiger partial charge in [0.2, 0.25) is 0 Å². The molecule has 4 aromatic rings. The number of carbonyl (C=O) groups is 1. The van der Waals surface area contributed by atoms with Crippen molar-refractivity contribution in [1.82, 2.24) is 14.3 Å². The molecule has 162 valence electrons. The van der Waals surface area contributed by atoms with Crippen molar-refractivity contribution in [2.45, 2.75) is 40.0 Å². The van der Waals surface area contributed by atoms with Gasteiger partial charge in [-0.15, -0.1) is 0 Å². The van der Waals surface area contributed by atoms with E-state index >= 15 is 0 Å². The third-order valence-corrected chi connectivity index (χ3v) is 5.52. The molecule has 0 unspecified atom stereocenters. The molecule has 4 rings (SSSR count). The Kier molecular flexibility index (Phi) is 5.67. The summed E-state index contributed by atoms with van der Waals surface area (Å²) < 4.78 is 22.4. The summed E-state index contributed by atoms with van der Waals surface area (Å²) in [6, 6.07) is 12.8.